The standard InChI is InChI=1S/C12H13Br2ClO/c13-10-5-8(7-15)6-11(14)12(10)16-9-3-1-2-4-9/h5-6,9H,1-4,7H2. The van der Waals surface area contributed by atoms with Crippen LogP contribution in [0.3, 0.4) is 0 Å². The molecule has 4 heteroatoms. The second-order valence-electron chi connectivity index (χ2n) is 4.05. The summed E-state index contributed by atoms with van der Waals surface area (Å²) >= 11 is 12.9. The van der Waals surface area contributed by atoms with Crippen molar-refractivity contribution in [3.8, 4) is 5.75 Å². The molecule has 1 aromatic carbocycles. The van der Waals surface area contributed by atoms with Crippen LogP contribution in [0.15, 0.2) is 21.1 Å². The van der Waals surface area contributed by atoms with E-state index >= 15 is 0 Å². The molecule has 16 heavy (non-hydrogen) atoms. The molecule has 1 nitrogen and oxygen atoms in total. The molecule has 0 amide bonds. The molecule has 1 aliphatic carbocycles. The molecule has 88 valence electrons. The van der Waals surface area contributed by atoms with Gasteiger partial charge in [0, 0.05) is 5.88 Å². The van der Waals surface area contributed by atoms with Crippen LogP contribution in [0.2, 0.25) is 0 Å². The van der Waals surface area contributed by atoms with E-state index in [9.17, 15) is 0 Å². The second-order valence-corrected chi connectivity index (χ2v) is 6.02. The molecule has 0 aliphatic heterocycles. The Hall–Kier alpha value is 0.270. The Labute approximate surface area is 118 Å². The van der Waals surface area contributed by atoms with Crippen molar-refractivity contribution in [2.24, 2.45) is 0 Å². The lowest BCUT2D eigenvalue weighted by Crippen LogP contribution is -2.11. The number of halogens is 3. The van der Waals surface area contributed by atoms with E-state index in [1.54, 1.807) is 0 Å². The van der Waals surface area contributed by atoms with Crippen LogP contribution in [0, 0.1) is 0 Å². The predicted octanol–water partition coefficient (Wildman–Crippen LogP) is 5.27. The average molecular weight is 368 g/mol. The van der Waals surface area contributed by atoms with Gasteiger partial charge in [0.25, 0.3) is 0 Å². The third-order valence-electron chi connectivity index (χ3n) is 2.80. The van der Waals surface area contributed by atoms with Gasteiger partial charge in [0.05, 0.1) is 15.0 Å². The fourth-order valence-electron chi connectivity index (χ4n) is 1.97. The first-order valence-electron chi connectivity index (χ1n) is 5.41. The van der Waals surface area contributed by atoms with Crippen molar-refractivity contribution < 1.29 is 4.74 Å². The summed E-state index contributed by atoms with van der Waals surface area (Å²) in [5.41, 5.74) is 1.08. The normalized spacial score (nSPS) is 16.7. The van der Waals surface area contributed by atoms with Gasteiger partial charge in [-0.1, -0.05) is 0 Å². The van der Waals surface area contributed by atoms with Crippen molar-refractivity contribution in [3.63, 3.8) is 0 Å². The van der Waals surface area contributed by atoms with E-state index in [1.165, 1.54) is 12.8 Å². The number of hydrogen-bond donors (Lipinski definition) is 0. The lowest BCUT2D eigenvalue weighted by Gasteiger charge is -2.16. The highest BCUT2D eigenvalue weighted by atomic mass is 79.9. The quantitative estimate of drug-likeness (QED) is 0.660. The molecule has 1 fully saturated rings. The fraction of sp³-hybridized carbons (Fsp3) is 0.500. The molecule has 0 heterocycles. The van der Waals surface area contributed by atoms with Gasteiger partial charge in [-0.05, 0) is 75.2 Å². The van der Waals surface area contributed by atoms with Crippen LogP contribution in [-0.2, 0) is 5.88 Å². The smallest absolute Gasteiger partial charge is 0.148 e. The zero-order valence-electron chi connectivity index (χ0n) is 8.81. The van der Waals surface area contributed by atoms with E-state index in [1.807, 2.05) is 12.1 Å². The summed E-state index contributed by atoms with van der Waals surface area (Å²) in [7, 11) is 0. The van der Waals surface area contributed by atoms with Gasteiger partial charge in [0.1, 0.15) is 5.75 Å². The van der Waals surface area contributed by atoms with Gasteiger partial charge in [-0.3, -0.25) is 0 Å². The molecule has 1 aromatic rings. The minimum absolute atomic E-state index is 0.370. The third-order valence-corrected chi connectivity index (χ3v) is 4.29. The van der Waals surface area contributed by atoms with Crippen LogP contribution in [0.1, 0.15) is 31.2 Å². The van der Waals surface area contributed by atoms with Crippen molar-refractivity contribution in [2.75, 3.05) is 0 Å². The number of hydrogen-bond acceptors (Lipinski definition) is 1. The number of rotatable bonds is 3. The maximum absolute atomic E-state index is 6.00. The van der Waals surface area contributed by atoms with E-state index in [-0.39, 0.29) is 0 Å². The largest absolute Gasteiger partial charge is 0.488 e. The molecule has 0 atom stereocenters. The molecule has 0 bridgehead atoms. The van der Waals surface area contributed by atoms with Crippen molar-refractivity contribution in [1.29, 1.82) is 0 Å². The molecular formula is C12H13Br2ClO. The van der Waals surface area contributed by atoms with E-state index in [0.29, 0.717) is 12.0 Å². The van der Waals surface area contributed by atoms with Crippen LogP contribution in [0.5, 0.6) is 5.75 Å². The summed E-state index contributed by atoms with van der Waals surface area (Å²) in [5.74, 6) is 1.42. The Morgan fingerprint density at radius 2 is 1.75 bits per heavy atom. The van der Waals surface area contributed by atoms with Crippen LogP contribution in [0.4, 0.5) is 0 Å². The van der Waals surface area contributed by atoms with Gasteiger partial charge in [-0.15, -0.1) is 11.6 Å². The first-order valence-corrected chi connectivity index (χ1v) is 7.53. The number of alkyl halides is 1. The summed E-state index contributed by atoms with van der Waals surface area (Å²) in [6, 6.07) is 4.03. The zero-order valence-corrected chi connectivity index (χ0v) is 12.7. The van der Waals surface area contributed by atoms with Gasteiger partial charge < -0.3 is 4.74 Å². The molecule has 1 aliphatic rings. The first kappa shape index (κ1) is 12.7. The lowest BCUT2D eigenvalue weighted by molar-refractivity contribution is 0.207. The Kier molecular flexibility index (Phi) is 4.57. The topological polar surface area (TPSA) is 9.23 Å². The van der Waals surface area contributed by atoms with Crippen LogP contribution in [0.25, 0.3) is 0 Å². The summed E-state index contributed by atoms with van der Waals surface area (Å²) < 4.78 is 7.95. The molecule has 0 saturated heterocycles. The van der Waals surface area contributed by atoms with E-state index in [2.05, 4.69) is 31.9 Å². The fourth-order valence-corrected chi connectivity index (χ4v) is 3.60. The zero-order chi connectivity index (χ0) is 11.5. The minimum Gasteiger partial charge on any atom is -0.488 e. The van der Waals surface area contributed by atoms with E-state index in [0.717, 1.165) is 33.1 Å². The summed E-state index contributed by atoms with van der Waals surface area (Å²) in [6.07, 6.45) is 5.25. The van der Waals surface area contributed by atoms with Crippen molar-refractivity contribution in [3.05, 3.63) is 26.6 Å². The third kappa shape index (κ3) is 2.93. The van der Waals surface area contributed by atoms with Crippen LogP contribution in [-0.4, -0.2) is 6.10 Å². The van der Waals surface area contributed by atoms with Crippen molar-refractivity contribution >= 4 is 43.5 Å². The monoisotopic (exact) mass is 366 g/mol. The molecule has 0 N–H and O–H groups in total. The molecule has 0 radical (unpaired) electrons. The molecule has 0 spiro atoms. The summed E-state index contributed by atoms with van der Waals surface area (Å²) in [4.78, 5) is 0. The van der Waals surface area contributed by atoms with Crippen molar-refractivity contribution in [2.45, 2.75) is 37.7 Å². The maximum atomic E-state index is 6.00. The Balaban J connectivity index is 2.19. The van der Waals surface area contributed by atoms with Gasteiger partial charge in [-0.25, -0.2) is 0 Å². The van der Waals surface area contributed by atoms with Crippen LogP contribution >= 0.6 is 43.5 Å². The molecule has 1 saturated carbocycles. The van der Waals surface area contributed by atoms with Gasteiger partial charge in [0.15, 0.2) is 0 Å². The van der Waals surface area contributed by atoms with Gasteiger partial charge in [0.2, 0.25) is 0 Å². The average Bonchev–Trinajstić information content (AvgIpc) is 2.75. The highest BCUT2D eigenvalue weighted by Gasteiger charge is 2.19. The molecule has 2 rings (SSSR count). The molecular weight excluding hydrogens is 355 g/mol. The van der Waals surface area contributed by atoms with E-state index < -0.39 is 0 Å². The lowest BCUT2D eigenvalue weighted by atomic mass is 10.2. The van der Waals surface area contributed by atoms with E-state index in [4.69, 9.17) is 16.3 Å². The Bertz CT molecular complexity index is 352. The highest BCUT2D eigenvalue weighted by molar-refractivity contribution is 9.11. The SMILES string of the molecule is ClCc1cc(Br)c(OC2CCCC2)c(Br)c1. The second kappa shape index (κ2) is 5.74. The van der Waals surface area contributed by atoms with Crippen LogP contribution < -0.4 is 4.74 Å². The summed E-state index contributed by atoms with van der Waals surface area (Å²) in [5, 5.41) is 0. The Morgan fingerprint density at radius 3 is 2.25 bits per heavy atom. The minimum atomic E-state index is 0.370. The first-order chi connectivity index (χ1) is 7.70. The Morgan fingerprint density at radius 1 is 1.19 bits per heavy atom. The van der Waals surface area contributed by atoms with Gasteiger partial charge >= 0.3 is 0 Å². The maximum Gasteiger partial charge on any atom is 0.148 e. The number of benzene rings is 1. The number of ether oxygens (including phenoxy) is 1. The molecule has 0 aromatic heterocycles. The van der Waals surface area contributed by atoms with Crippen molar-refractivity contribution in [1.82, 2.24) is 0 Å². The highest BCUT2D eigenvalue weighted by Crippen LogP contribution is 2.37. The molecule has 0 unspecified atom stereocenters. The predicted molar refractivity (Wildman–Crippen MR) is 74.3 cm³/mol. The summed E-state index contributed by atoms with van der Waals surface area (Å²) in [6.45, 7) is 0. The van der Waals surface area contributed by atoms with Gasteiger partial charge in [-0.2, -0.15) is 0 Å².